The second kappa shape index (κ2) is 6.47. The number of fused-ring (bicyclic) bond motifs is 1. The molecule has 0 fully saturated rings. The summed E-state index contributed by atoms with van der Waals surface area (Å²) < 4.78 is 5.90. The largest absolute Gasteiger partial charge is 0.489 e. The minimum atomic E-state index is 0.595. The maximum atomic E-state index is 5.90. The number of hydrogen-bond donors (Lipinski definition) is 0. The zero-order valence-electron chi connectivity index (χ0n) is 12.7. The third-order valence-electron chi connectivity index (χ3n) is 3.89. The minimum Gasteiger partial charge on any atom is -0.489 e. The van der Waals surface area contributed by atoms with Crippen LogP contribution in [0.2, 0.25) is 0 Å². The predicted octanol–water partition coefficient (Wildman–Crippen LogP) is 4.91. The Hall–Kier alpha value is -2.26. The lowest BCUT2D eigenvalue weighted by Gasteiger charge is -2.08. The normalized spacial score (nSPS) is 14.0. The monoisotopic (exact) mass is 319 g/mol. The number of aliphatic imine (C=N–C) groups is 1. The van der Waals surface area contributed by atoms with E-state index in [0.29, 0.717) is 6.61 Å². The van der Waals surface area contributed by atoms with Gasteiger partial charge < -0.3 is 4.74 Å². The second-order valence-corrected chi connectivity index (χ2v) is 6.62. The van der Waals surface area contributed by atoms with Gasteiger partial charge in [0.05, 0.1) is 5.04 Å². The first kappa shape index (κ1) is 14.3. The van der Waals surface area contributed by atoms with Crippen molar-refractivity contribution in [3.05, 3.63) is 77.9 Å². The van der Waals surface area contributed by atoms with E-state index in [0.717, 1.165) is 23.1 Å². The highest BCUT2D eigenvalue weighted by Gasteiger charge is 2.10. The Labute approximate surface area is 140 Å². The van der Waals surface area contributed by atoms with Crippen molar-refractivity contribution in [3.63, 3.8) is 0 Å². The number of ether oxygens (including phenoxy) is 1. The van der Waals surface area contributed by atoms with E-state index in [1.807, 2.05) is 36.0 Å². The minimum absolute atomic E-state index is 0.595. The summed E-state index contributed by atoms with van der Waals surface area (Å²) in [5, 5.41) is 3.59. The summed E-state index contributed by atoms with van der Waals surface area (Å²) in [5.41, 5.74) is 2.40. The number of thioether (sulfide) groups is 1. The van der Waals surface area contributed by atoms with Gasteiger partial charge in [0, 0.05) is 17.9 Å². The number of nitrogens with zero attached hydrogens (tertiary/aromatic N) is 1. The van der Waals surface area contributed by atoms with E-state index in [9.17, 15) is 0 Å². The van der Waals surface area contributed by atoms with Gasteiger partial charge in [-0.3, -0.25) is 4.99 Å². The van der Waals surface area contributed by atoms with Crippen molar-refractivity contribution in [1.29, 1.82) is 0 Å². The van der Waals surface area contributed by atoms with Gasteiger partial charge in [-0.25, -0.2) is 0 Å². The molecule has 0 unspecified atom stereocenters. The highest BCUT2D eigenvalue weighted by molar-refractivity contribution is 8.14. The van der Waals surface area contributed by atoms with Crippen LogP contribution in [-0.2, 0) is 6.61 Å². The molecule has 2 nitrogen and oxygen atoms in total. The summed E-state index contributed by atoms with van der Waals surface area (Å²) in [6, 6.07) is 23.0. The van der Waals surface area contributed by atoms with Crippen LogP contribution >= 0.6 is 11.8 Å². The van der Waals surface area contributed by atoms with E-state index < -0.39 is 0 Å². The van der Waals surface area contributed by atoms with Crippen LogP contribution in [0.1, 0.15) is 11.1 Å². The van der Waals surface area contributed by atoms with Crippen molar-refractivity contribution in [1.82, 2.24) is 0 Å². The van der Waals surface area contributed by atoms with Crippen LogP contribution < -0.4 is 4.74 Å². The lowest BCUT2D eigenvalue weighted by molar-refractivity contribution is 0.306. The molecule has 0 saturated heterocycles. The van der Waals surface area contributed by atoms with Crippen LogP contribution in [0.4, 0.5) is 0 Å². The standard InChI is InChI=1S/C20H17NOS/c1-2-4-15(5-3-1)14-22-19-9-8-16-12-18(7-6-17(16)13-19)20-21-10-11-23-20/h1-9,12-13H,10-11,14H2. The quantitative estimate of drug-likeness (QED) is 0.681. The second-order valence-electron chi connectivity index (χ2n) is 5.53. The van der Waals surface area contributed by atoms with Crippen molar-refractivity contribution < 1.29 is 4.74 Å². The molecule has 3 heteroatoms. The van der Waals surface area contributed by atoms with E-state index >= 15 is 0 Å². The van der Waals surface area contributed by atoms with Crippen LogP contribution in [0.5, 0.6) is 5.75 Å². The lowest BCUT2D eigenvalue weighted by Crippen LogP contribution is -1.95. The number of hydrogen-bond acceptors (Lipinski definition) is 3. The van der Waals surface area contributed by atoms with Crippen LogP contribution in [0.15, 0.2) is 71.7 Å². The van der Waals surface area contributed by atoms with E-state index in [4.69, 9.17) is 4.74 Å². The topological polar surface area (TPSA) is 21.6 Å². The molecule has 0 atom stereocenters. The fraction of sp³-hybridized carbons (Fsp3) is 0.150. The molecule has 0 bridgehead atoms. The first-order chi connectivity index (χ1) is 11.4. The van der Waals surface area contributed by atoms with Gasteiger partial charge in [0.2, 0.25) is 0 Å². The zero-order chi connectivity index (χ0) is 15.5. The van der Waals surface area contributed by atoms with Gasteiger partial charge in [0.25, 0.3) is 0 Å². The Morgan fingerprint density at radius 3 is 2.57 bits per heavy atom. The fourth-order valence-electron chi connectivity index (χ4n) is 2.70. The van der Waals surface area contributed by atoms with Gasteiger partial charge in [-0.15, -0.1) is 11.8 Å². The molecule has 0 amide bonds. The molecule has 114 valence electrons. The molecular weight excluding hydrogens is 302 g/mol. The Morgan fingerprint density at radius 1 is 0.913 bits per heavy atom. The van der Waals surface area contributed by atoms with Crippen molar-refractivity contribution in [2.75, 3.05) is 12.3 Å². The first-order valence-corrected chi connectivity index (χ1v) is 8.75. The van der Waals surface area contributed by atoms with Gasteiger partial charge >= 0.3 is 0 Å². The Morgan fingerprint density at radius 2 is 1.74 bits per heavy atom. The highest BCUT2D eigenvalue weighted by atomic mass is 32.2. The van der Waals surface area contributed by atoms with Crippen molar-refractivity contribution in [2.45, 2.75) is 6.61 Å². The van der Waals surface area contributed by atoms with Crippen LogP contribution in [0.3, 0.4) is 0 Å². The Bertz CT molecular complexity index is 858. The number of benzene rings is 3. The molecular formula is C20H17NOS. The molecule has 0 saturated carbocycles. The molecule has 23 heavy (non-hydrogen) atoms. The molecule has 3 aromatic carbocycles. The molecule has 0 N–H and O–H groups in total. The lowest BCUT2D eigenvalue weighted by atomic mass is 10.1. The summed E-state index contributed by atoms with van der Waals surface area (Å²) in [5.74, 6) is 2.00. The molecule has 0 aliphatic carbocycles. The summed E-state index contributed by atoms with van der Waals surface area (Å²) in [4.78, 5) is 4.55. The summed E-state index contributed by atoms with van der Waals surface area (Å²) in [6.45, 7) is 1.53. The van der Waals surface area contributed by atoms with E-state index in [1.165, 1.54) is 21.9 Å². The molecule has 1 aliphatic heterocycles. The molecule has 0 aromatic heterocycles. The van der Waals surface area contributed by atoms with Gasteiger partial charge in [0.15, 0.2) is 0 Å². The van der Waals surface area contributed by atoms with Gasteiger partial charge in [0.1, 0.15) is 12.4 Å². The maximum Gasteiger partial charge on any atom is 0.120 e. The third-order valence-corrected chi connectivity index (χ3v) is 4.92. The fourth-order valence-corrected chi connectivity index (χ4v) is 3.55. The SMILES string of the molecule is c1ccc(COc2ccc3cc(C4=NCCS4)ccc3c2)cc1. The highest BCUT2D eigenvalue weighted by Crippen LogP contribution is 2.26. The third kappa shape index (κ3) is 3.25. The molecule has 1 heterocycles. The van der Waals surface area contributed by atoms with Gasteiger partial charge in [-0.2, -0.15) is 0 Å². The molecule has 0 spiro atoms. The summed E-state index contributed by atoms with van der Waals surface area (Å²) in [6.07, 6.45) is 0. The van der Waals surface area contributed by atoms with E-state index in [1.54, 1.807) is 0 Å². The van der Waals surface area contributed by atoms with Crippen LogP contribution in [0, 0.1) is 0 Å². The molecule has 1 aliphatic rings. The predicted molar refractivity (Wildman–Crippen MR) is 98.6 cm³/mol. The number of rotatable bonds is 4. The van der Waals surface area contributed by atoms with Gasteiger partial charge in [-0.05, 0) is 34.5 Å². The smallest absolute Gasteiger partial charge is 0.120 e. The Balaban J connectivity index is 1.55. The average Bonchev–Trinajstić information content (AvgIpc) is 3.15. The van der Waals surface area contributed by atoms with Gasteiger partial charge in [-0.1, -0.05) is 48.5 Å². The van der Waals surface area contributed by atoms with Crippen LogP contribution in [-0.4, -0.2) is 17.3 Å². The van der Waals surface area contributed by atoms with E-state index in [-0.39, 0.29) is 0 Å². The van der Waals surface area contributed by atoms with Crippen LogP contribution in [0.25, 0.3) is 10.8 Å². The van der Waals surface area contributed by atoms with Crippen molar-refractivity contribution in [2.24, 2.45) is 4.99 Å². The van der Waals surface area contributed by atoms with E-state index in [2.05, 4.69) is 47.5 Å². The molecule has 0 radical (unpaired) electrons. The maximum absolute atomic E-state index is 5.90. The average molecular weight is 319 g/mol. The zero-order valence-corrected chi connectivity index (χ0v) is 13.6. The van der Waals surface area contributed by atoms with Crippen molar-refractivity contribution in [3.8, 4) is 5.75 Å². The molecule has 3 aromatic rings. The summed E-state index contributed by atoms with van der Waals surface area (Å²) >= 11 is 1.84. The molecule has 4 rings (SSSR count). The first-order valence-electron chi connectivity index (χ1n) is 7.77. The van der Waals surface area contributed by atoms with Crippen molar-refractivity contribution >= 4 is 27.6 Å². The Kier molecular flexibility index (Phi) is 4.03. The summed E-state index contributed by atoms with van der Waals surface area (Å²) in [7, 11) is 0.